The normalized spacial score (nSPS) is 25.9. The van der Waals surface area contributed by atoms with E-state index in [9.17, 15) is 0 Å². The Labute approximate surface area is 97.8 Å². The molecule has 0 spiro atoms. The molecular weight excluding hydrogens is 200 g/mol. The van der Waals surface area contributed by atoms with Crippen molar-refractivity contribution in [2.75, 3.05) is 13.1 Å². The van der Waals surface area contributed by atoms with Crippen molar-refractivity contribution in [1.29, 1.82) is 0 Å². The average Bonchev–Trinajstić information content (AvgIpc) is 2.58. The van der Waals surface area contributed by atoms with Crippen LogP contribution in [-0.4, -0.2) is 29.6 Å². The van der Waals surface area contributed by atoms with E-state index < -0.39 is 0 Å². The molecule has 2 heterocycles. The standard InChI is InChI=1S/C13H22N2O/c1-10-7-14-13(3,4)9-15(10)8-12-6-5-11(2)16-12/h5-6,10,14H,7-9H2,1-4H3. The second-order valence-corrected chi connectivity index (χ2v) is 5.53. The molecule has 1 atom stereocenters. The maximum atomic E-state index is 5.64. The Balaban J connectivity index is 2.02. The molecule has 0 amide bonds. The second kappa shape index (κ2) is 4.22. The molecule has 1 unspecified atom stereocenters. The van der Waals surface area contributed by atoms with Crippen LogP contribution in [0.25, 0.3) is 0 Å². The Morgan fingerprint density at radius 1 is 1.50 bits per heavy atom. The highest BCUT2D eigenvalue weighted by Gasteiger charge is 2.30. The lowest BCUT2D eigenvalue weighted by Crippen LogP contribution is -2.60. The molecule has 1 saturated heterocycles. The first-order valence-electron chi connectivity index (χ1n) is 6.01. The summed E-state index contributed by atoms with van der Waals surface area (Å²) in [6.45, 7) is 11.8. The monoisotopic (exact) mass is 222 g/mol. The highest BCUT2D eigenvalue weighted by Crippen LogP contribution is 2.18. The van der Waals surface area contributed by atoms with Crippen molar-refractivity contribution >= 4 is 0 Å². The Morgan fingerprint density at radius 2 is 2.25 bits per heavy atom. The molecule has 0 aliphatic carbocycles. The van der Waals surface area contributed by atoms with Crippen molar-refractivity contribution in [3.63, 3.8) is 0 Å². The van der Waals surface area contributed by atoms with Gasteiger partial charge in [-0.2, -0.15) is 0 Å². The molecule has 0 aromatic carbocycles. The van der Waals surface area contributed by atoms with Crippen molar-refractivity contribution < 1.29 is 4.42 Å². The van der Waals surface area contributed by atoms with Gasteiger partial charge in [-0.25, -0.2) is 0 Å². The molecular formula is C13H22N2O. The quantitative estimate of drug-likeness (QED) is 0.831. The number of aryl methyl sites for hydroxylation is 1. The Kier molecular flexibility index (Phi) is 3.08. The molecule has 3 heteroatoms. The third kappa shape index (κ3) is 2.66. The maximum Gasteiger partial charge on any atom is 0.118 e. The summed E-state index contributed by atoms with van der Waals surface area (Å²) in [6, 6.07) is 4.68. The van der Waals surface area contributed by atoms with Crippen LogP contribution in [0, 0.1) is 6.92 Å². The summed E-state index contributed by atoms with van der Waals surface area (Å²) < 4.78 is 5.64. The molecule has 90 valence electrons. The van der Waals surface area contributed by atoms with Gasteiger partial charge in [0.25, 0.3) is 0 Å². The fraction of sp³-hybridized carbons (Fsp3) is 0.692. The fourth-order valence-electron chi connectivity index (χ4n) is 2.25. The summed E-state index contributed by atoms with van der Waals surface area (Å²) in [5, 5.41) is 3.56. The molecule has 1 N–H and O–H groups in total. The summed E-state index contributed by atoms with van der Waals surface area (Å²) >= 11 is 0. The van der Waals surface area contributed by atoms with E-state index in [2.05, 4.69) is 37.1 Å². The van der Waals surface area contributed by atoms with Crippen molar-refractivity contribution in [1.82, 2.24) is 10.2 Å². The molecule has 0 radical (unpaired) electrons. The minimum Gasteiger partial charge on any atom is -0.465 e. The van der Waals surface area contributed by atoms with Gasteiger partial charge in [-0.3, -0.25) is 4.90 Å². The molecule has 1 aromatic rings. The van der Waals surface area contributed by atoms with E-state index in [0.717, 1.165) is 31.2 Å². The predicted octanol–water partition coefficient (Wildman–Crippen LogP) is 2.16. The van der Waals surface area contributed by atoms with E-state index in [4.69, 9.17) is 4.42 Å². The lowest BCUT2D eigenvalue weighted by atomic mass is 9.99. The van der Waals surface area contributed by atoms with E-state index >= 15 is 0 Å². The summed E-state index contributed by atoms with van der Waals surface area (Å²) in [5.74, 6) is 2.07. The maximum absolute atomic E-state index is 5.64. The third-order valence-corrected chi connectivity index (χ3v) is 3.25. The highest BCUT2D eigenvalue weighted by molar-refractivity contribution is 5.06. The van der Waals surface area contributed by atoms with E-state index in [1.807, 2.05) is 13.0 Å². The van der Waals surface area contributed by atoms with Gasteiger partial charge in [0.05, 0.1) is 6.54 Å². The number of nitrogens with zero attached hydrogens (tertiary/aromatic N) is 1. The van der Waals surface area contributed by atoms with Crippen LogP contribution in [0.2, 0.25) is 0 Å². The number of hydrogen-bond acceptors (Lipinski definition) is 3. The van der Waals surface area contributed by atoms with Crippen LogP contribution in [0.4, 0.5) is 0 Å². The Hall–Kier alpha value is -0.800. The molecule has 16 heavy (non-hydrogen) atoms. The van der Waals surface area contributed by atoms with Crippen molar-refractivity contribution in [2.24, 2.45) is 0 Å². The molecule has 1 aliphatic rings. The van der Waals surface area contributed by atoms with E-state index in [1.165, 1.54) is 0 Å². The molecule has 1 aromatic heterocycles. The molecule has 1 fully saturated rings. The minimum absolute atomic E-state index is 0.203. The molecule has 2 rings (SSSR count). The van der Waals surface area contributed by atoms with Gasteiger partial charge >= 0.3 is 0 Å². The lowest BCUT2D eigenvalue weighted by molar-refractivity contribution is 0.0905. The van der Waals surface area contributed by atoms with Gasteiger partial charge in [0, 0.05) is 24.7 Å². The van der Waals surface area contributed by atoms with Crippen LogP contribution in [0.15, 0.2) is 16.5 Å². The highest BCUT2D eigenvalue weighted by atomic mass is 16.3. The third-order valence-electron chi connectivity index (χ3n) is 3.25. The van der Waals surface area contributed by atoms with Gasteiger partial charge in [-0.1, -0.05) is 0 Å². The van der Waals surface area contributed by atoms with Crippen LogP contribution in [0.3, 0.4) is 0 Å². The minimum atomic E-state index is 0.203. The van der Waals surface area contributed by atoms with Gasteiger partial charge in [-0.05, 0) is 39.8 Å². The lowest BCUT2D eigenvalue weighted by Gasteiger charge is -2.43. The number of piperazine rings is 1. The van der Waals surface area contributed by atoms with Gasteiger partial charge in [0.15, 0.2) is 0 Å². The molecule has 0 bridgehead atoms. The summed E-state index contributed by atoms with van der Waals surface area (Å²) in [7, 11) is 0. The first kappa shape index (κ1) is 11.7. The topological polar surface area (TPSA) is 28.4 Å². The van der Waals surface area contributed by atoms with Crippen molar-refractivity contribution in [2.45, 2.75) is 45.8 Å². The molecule has 0 saturated carbocycles. The predicted molar refractivity (Wildman–Crippen MR) is 65.4 cm³/mol. The first-order valence-corrected chi connectivity index (χ1v) is 6.01. The number of rotatable bonds is 2. The zero-order valence-electron chi connectivity index (χ0n) is 10.7. The summed E-state index contributed by atoms with van der Waals surface area (Å²) in [6.07, 6.45) is 0. The van der Waals surface area contributed by atoms with Crippen LogP contribution in [-0.2, 0) is 6.54 Å². The fourth-order valence-corrected chi connectivity index (χ4v) is 2.25. The number of furan rings is 1. The van der Waals surface area contributed by atoms with Crippen LogP contribution in [0.1, 0.15) is 32.3 Å². The van der Waals surface area contributed by atoms with E-state index in [0.29, 0.717) is 6.04 Å². The average molecular weight is 222 g/mol. The van der Waals surface area contributed by atoms with Gasteiger partial charge < -0.3 is 9.73 Å². The van der Waals surface area contributed by atoms with Gasteiger partial charge in [-0.15, -0.1) is 0 Å². The van der Waals surface area contributed by atoms with E-state index in [1.54, 1.807) is 0 Å². The van der Waals surface area contributed by atoms with Crippen LogP contribution < -0.4 is 5.32 Å². The SMILES string of the molecule is Cc1ccc(CN2CC(C)(C)NCC2C)o1. The zero-order chi connectivity index (χ0) is 11.8. The molecule has 1 aliphatic heterocycles. The van der Waals surface area contributed by atoms with Gasteiger partial charge in [0.2, 0.25) is 0 Å². The first-order chi connectivity index (χ1) is 7.46. The largest absolute Gasteiger partial charge is 0.465 e. The van der Waals surface area contributed by atoms with Crippen LogP contribution >= 0.6 is 0 Å². The zero-order valence-corrected chi connectivity index (χ0v) is 10.7. The number of hydrogen-bond donors (Lipinski definition) is 1. The van der Waals surface area contributed by atoms with Gasteiger partial charge in [0.1, 0.15) is 11.5 Å². The molecule has 3 nitrogen and oxygen atoms in total. The van der Waals surface area contributed by atoms with Crippen LogP contribution in [0.5, 0.6) is 0 Å². The Bertz CT molecular complexity index is 357. The summed E-state index contributed by atoms with van der Waals surface area (Å²) in [4.78, 5) is 2.48. The van der Waals surface area contributed by atoms with Crippen molar-refractivity contribution in [3.8, 4) is 0 Å². The second-order valence-electron chi connectivity index (χ2n) is 5.53. The Morgan fingerprint density at radius 3 is 2.88 bits per heavy atom. The number of nitrogens with one attached hydrogen (secondary N) is 1. The van der Waals surface area contributed by atoms with Crippen molar-refractivity contribution in [3.05, 3.63) is 23.7 Å². The summed E-state index contributed by atoms with van der Waals surface area (Å²) in [5.41, 5.74) is 0.203. The smallest absolute Gasteiger partial charge is 0.118 e. The van der Waals surface area contributed by atoms with E-state index in [-0.39, 0.29) is 5.54 Å².